The van der Waals surface area contributed by atoms with Gasteiger partial charge < -0.3 is 36.2 Å². The molecule has 0 radical (unpaired) electrons. The number of hydrogen-bond donors (Lipinski definition) is 6. The smallest absolute Gasteiger partial charge is 0.246 e. The van der Waals surface area contributed by atoms with Crippen molar-refractivity contribution in [2.45, 2.75) is 101 Å². The lowest BCUT2D eigenvalue weighted by Crippen LogP contribution is -2.64. The van der Waals surface area contributed by atoms with Crippen LogP contribution in [-0.2, 0) is 25.6 Å². The zero-order valence-electron chi connectivity index (χ0n) is 22.8. The number of aliphatic hydroxyl groups is 3. The fraction of sp³-hybridized carbons (Fsp3) is 0.643. The van der Waals surface area contributed by atoms with Gasteiger partial charge in [0.25, 0.3) is 0 Å². The molecule has 1 aromatic carbocycles. The molecule has 0 aliphatic carbocycles. The molecule has 0 spiro atoms. The highest BCUT2D eigenvalue weighted by Gasteiger charge is 2.42. The van der Waals surface area contributed by atoms with Gasteiger partial charge in [-0.15, -0.1) is 0 Å². The molecule has 39 heavy (non-hydrogen) atoms. The van der Waals surface area contributed by atoms with Gasteiger partial charge in [0.1, 0.15) is 29.8 Å². The van der Waals surface area contributed by atoms with Crippen LogP contribution in [0.4, 0.5) is 0 Å². The molecule has 0 bridgehead atoms. The number of nitrogens with one attached hydrogen (secondary N) is 3. The number of hydrogen-bond acceptors (Lipinski definition) is 7. The predicted octanol–water partition coefficient (Wildman–Crippen LogP) is -0.237. The summed E-state index contributed by atoms with van der Waals surface area (Å²) < 4.78 is 0. The highest BCUT2D eigenvalue weighted by molar-refractivity contribution is 5.99. The fourth-order valence-corrected chi connectivity index (χ4v) is 5.07. The largest absolute Gasteiger partial charge is 0.394 e. The Kier molecular flexibility index (Phi) is 10.8. The molecule has 3 rings (SSSR count). The van der Waals surface area contributed by atoms with E-state index >= 15 is 0 Å². The molecule has 2 heterocycles. The van der Waals surface area contributed by atoms with Crippen molar-refractivity contribution in [1.82, 2.24) is 20.9 Å². The summed E-state index contributed by atoms with van der Waals surface area (Å²) in [5.41, 5.74) is -0.479. The molecular weight excluding hydrogens is 504 g/mol. The van der Waals surface area contributed by atoms with Crippen LogP contribution in [0.15, 0.2) is 30.3 Å². The summed E-state index contributed by atoms with van der Waals surface area (Å²) in [6.07, 6.45) is 1.44. The molecule has 5 atom stereocenters. The van der Waals surface area contributed by atoms with E-state index in [9.17, 15) is 29.4 Å². The lowest BCUT2D eigenvalue weighted by atomic mass is 9.98. The molecule has 216 valence electrons. The first-order valence-electron chi connectivity index (χ1n) is 13.8. The van der Waals surface area contributed by atoms with Crippen LogP contribution >= 0.6 is 0 Å². The van der Waals surface area contributed by atoms with Crippen molar-refractivity contribution in [3.63, 3.8) is 0 Å². The standard InChI is InChI=1S/C28H42N4O7/c1-28(2)27(39)30-20(16-18-10-5-3-6-11-18)26(38)32-15-9-13-21(32)25(37)29-19(24(36)31-28)12-7-4-8-14-22(34)23(35)17-33/h3,5-6,10-11,19-23,33-35H,4,7-9,12-17H2,1-2H3,(H,29,37)(H,30,39)(H,31,36)/t19-,20-,21+,22+,23-/m0/s1. The molecule has 6 N–H and O–H groups in total. The van der Waals surface area contributed by atoms with E-state index in [0.29, 0.717) is 51.5 Å². The summed E-state index contributed by atoms with van der Waals surface area (Å²) in [5, 5.41) is 36.6. The topological polar surface area (TPSA) is 168 Å². The number of amides is 4. The Bertz CT molecular complexity index is 1000. The summed E-state index contributed by atoms with van der Waals surface area (Å²) in [4.78, 5) is 55.1. The van der Waals surface area contributed by atoms with E-state index in [4.69, 9.17) is 5.11 Å². The molecule has 1 aromatic rings. The number of nitrogens with zero attached hydrogens (tertiary/aromatic N) is 1. The van der Waals surface area contributed by atoms with E-state index < -0.39 is 60.2 Å². The predicted molar refractivity (Wildman–Crippen MR) is 143 cm³/mol. The second-order valence-corrected chi connectivity index (χ2v) is 11.0. The van der Waals surface area contributed by atoms with Gasteiger partial charge in [0.2, 0.25) is 23.6 Å². The van der Waals surface area contributed by atoms with Gasteiger partial charge in [0.05, 0.1) is 12.7 Å². The average molecular weight is 547 g/mol. The SMILES string of the molecule is CC1(C)NC(=O)[C@H](CCCCC[C@@H](O)[C@@H](O)CO)NC(=O)[C@H]2CCCN2C(=O)[C@H](Cc2ccccc2)NC1=O. The molecule has 2 saturated heterocycles. The number of benzene rings is 1. The number of unbranched alkanes of at least 4 members (excludes halogenated alkanes) is 2. The van der Waals surface area contributed by atoms with Crippen molar-refractivity contribution < 1.29 is 34.5 Å². The lowest BCUT2D eigenvalue weighted by Gasteiger charge is -2.34. The third-order valence-electron chi connectivity index (χ3n) is 7.48. The number of aliphatic hydroxyl groups excluding tert-OH is 3. The number of carbonyl (C=O) groups is 4. The molecule has 11 nitrogen and oxygen atoms in total. The Labute approximate surface area is 229 Å². The Morgan fingerprint density at radius 1 is 0.949 bits per heavy atom. The van der Waals surface area contributed by atoms with Crippen LogP contribution in [0.1, 0.15) is 64.4 Å². The Morgan fingerprint density at radius 3 is 2.36 bits per heavy atom. The molecule has 0 aromatic heterocycles. The zero-order chi connectivity index (χ0) is 28.6. The van der Waals surface area contributed by atoms with Crippen molar-refractivity contribution in [2.24, 2.45) is 0 Å². The molecule has 0 unspecified atom stereocenters. The van der Waals surface area contributed by atoms with E-state index in [0.717, 1.165) is 5.56 Å². The van der Waals surface area contributed by atoms with Crippen molar-refractivity contribution in [3.05, 3.63) is 35.9 Å². The van der Waals surface area contributed by atoms with Crippen molar-refractivity contribution >= 4 is 23.6 Å². The van der Waals surface area contributed by atoms with Gasteiger partial charge in [-0.1, -0.05) is 49.6 Å². The zero-order valence-corrected chi connectivity index (χ0v) is 22.8. The highest BCUT2D eigenvalue weighted by Crippen LogP contribution is 2.22. The van der Waals surface area contributed by atoms with Crippen LogP contribution in [0.2, 0.25) is 0 Å². The fourth-order valence-electron chi connectivity index (χ4n) is 5.07. The van der Waals surface area contributed by atoms with E-state index in [1.54, 1.807) is 13.8 Å². The van der Waals surface area contributed by atoms with Gasteiger partial charge in [-0.25, -0.2) is 0 Å². The van der Waals surface area contributed by atoms with Gasteiger partial charge in [0.15, 0.2) is 0 Å². The van der Waals surface area contributed by atoms with E-state index in [-0.39, 0.29) is 12.3 Å². The average Bonchev–Trinajstić information content (AvgIpc) is 3.40. The number of fused-ring (bicyclic) bond motifs is 1. The van der Waals surface area contributed by atoms with Crippen LogP contribution < -0.4 is 16.0 Å². The molecule has 2 aliphatic heterocycles. The number of carbonyl (C=O) groups excluding carboxylic acids is 4. The minimum Gasteiger partial charge on any atom is -0.394 e. The van der Waals surface area contributed by atoms with Crippen LogP contribution in [0, 0.1) is 0 Å². The highest BCUT2D eigenvalue weighted by atomic mass is 16.4. The van der Waals surface area contributed by atoms with E-state index in [1.165, 1.54) is 4.90 Å². The maximum atomic E-state index is 13.7. The second kappa shape index (κ2) is 13.9. The van der Waals surface area contributed by atoms with Gasteiger partial charge in [0, 0.05) is 13.0 Å². The molecule has 0 saturated carbocycles. The Morgan fingerprint density at radius 2 is 1.67 bits per heavy atom. The van der Waals surface area contributed by atoms with Crippen molar-refractivity contribution in [2.75, 3.05) is 13.2 Å². The second-order valence-electron chi connectivity index (χ2n) is 11.0. The quantitative estimate of drug-likeness (QED) is 0.220. The normalized spacial score (nSPS) is 25.5. The lowest BCUT2D eigenvalue weighted by molar-refractivity contribution is -0.144. The van der Waals surface area contributed by atoms with Crippen LogP contribution in [0.25, 0.3) is 0 Å². The first kappa shape index (κ1) is 30.5. The van der Waals surface area contributed by atoms with Crippen molar-refractivity contribution in [1.29, 1.82) is 0 Å². The Hall–Kier alpha value is -3.02. The molecule has 11 heteroatoms. The number of rotatable bonds is 10. The summed E-state index contributed by atoms with van der Waals surface area (Å²) in [7, 11) is 0. The maximum Gasteiger partial charge on any atom is 0.246 e. The minimum absolute atomic E-state index is 0.257. The molecular formula is C28H42N4O7. The summed E-state index contributed by atoms with van der Waals surface area (Å²) in [6.45, 7) is 2.98. The first-order chi connectivity index (χ1) is 18.5. The summed E-state index contributed by atoms with van der Waals surface area (Å²) in [6, 6.07) is 6.79. The van der Waals surface area contributed by atoms with Crippen LogP contribution in [0.5, 0.6) is 0 Å². The molecule has 2 aliphatic rings. The summed E-state index contributed by atoms with van der Waals surface area (Å²) >= 11 is 0. The van der Waals surface area contributed by atoms with E-state index in [1.807, 2.05) is 30.3 Å². The first-order valence-corrected chi connectivity index (χ1v) is 13.8. The molecule has 2 fully saturated rings. The van der Waals surface area contributed by atoms with Gasteiger partial charge in [-0.3, -0.25) is 19.2 Å². The minimum atomic E-state index is -1.34. The van der Waals surface area contributed by atoms with Crippen LogP contribution in [-0.4, -0.2) is 92.9 Å². The van der Waals surface area contributed by atoms with E-state index in [2.05, 4.69) is 16.0 Å². The van der Waals surface area contributed by atoms with Crippen LogP contribution in [0.3, 0.4) is 0 Å². The van der Waals surface area contributed by atoms with Gasteiger partial charge >= 0.3 is 0 Å². The van der Waals surface area contributed by atoms with Gasteiger partial charge in [-0.2, -0.15) is 0 Å². The molecule has 4 amide bonds. The monoisotopic (exact) mass is 546 g/mol. The van der Waals surface area contributed by atoms with Gasteiger partial charge in [-0.05, 0) is 45.1 Å². The third-order valence-corrected chi connectivity index (χ3v) is 7.48. The maximum absolute atomic E-state index is 13.7. The third kappa shape index (κ3) is 8.23. The van der Waals surface area contributed by atoms with Crippen molar-refractivity contribution in [3.8, 4) is 0 Å². The summed E-state index contributed by atoms with van der Waals surface area (Å²) in [5.74, 6) is -1.71. The Balaban J connectivity index is 1.75.